The molecule has 0 aliphatic carbocycles. The minimum atomic E-state index is -0.0100. The highest BCUT2D eigenvalue weighted by Crippen LogP contribution is 2.41. The Morgan fingerprint density at radius 3 is 1.04 bits per heavy atom. The Bertz CT molecular complexity index is 660. The third-order valence-electron chi connectivity index (χ3n) is 3.48. The van der Waals surface area contributed by atoms with Gasteiger partial charge in [0.15, 0.2) is 0 Å². The van der Waals surface area contributed by atoms with Crippen LogP contribution >= 0.6 is 45.3 Å². The number of thiophene rings is 4. The summed E-state index contributed by atoms with van der Waals surface area (Å²) in [6.45, 7) is 0. The highest BCUT2D eigenvalue weighted by atomic mass is 32.1. The molecule has 0 atom stereocenters. The second-order valence-corrected chi connectivity index (χ2v) is 8.87. The number of ether oxygens (including phenoxy) is 1. The topological polar surface area (TPSA) is 9.23 Å². The van der Waals surface area contributed by atoms with Gasteiger partial charge in [0.25, 0.3) is 0 Å². The summed E-state index contributed by atoms with van der Waals surface area (Å²) in [5.41, 5.74) is 0. The van der Waals surface area contributed by atoms with Crippen LogP contribution in [0, 0.1) is 0 Å². The molecule has 4 aromatic rings. The minimum Gasteiger partial charge on any atom is -0.353 e. The third kappa shape index (κ3) is 3.34. The van der Waals surface area contributed by atoms with E-state index in [2.05, 4.69) is 70.1 Å². The van der Waals surface area contributed by atoms with Gasteiger partial charge in [0.2, 0.25) is 0 Å². The van der Waals surface area contributed by atoms with Crippen molar-refractivity contribution in [1.29, 1.82) is 0 Å². The quantitative estimate of drug-likeness (QED) is 0.359. The highest BCUT2D eigenvalue weighted by Gasteiger charge is 2.25. The molecular formula is C18H14OS4. The Morgan fingerprint density at radius 1 is 0.522 bits per heavy atom. The SMILES string of the molecule is c1csc(C(OC(c2cccs2)c2cccs2)c2cccs2)c1. The summed E-state index contributed by atoms with van der Waals surface area (Å²) in [5.74, 6) is 0. The molecule has 0 radical (unpaired) electrons. The summed E-state index contributed by atoms with van der Waals surface area (Å²) in [4.78, 5) is 5.02. The molecule has 4 rings (SSSR count). The van der Waals surface area contributed by atoms with Crippen LogP contribution in [0.1, 0.15) is 31.7 Å². The lowest BCUT2D eigenvalue weighted by Crippen LogP contribution is -2.09. The van der Waals surface area contributed by atoms with Crippen LogP contribution < -0.4 is 0 Å². The van der Waals surface area contributed by atoms with Crippen molar-refractivity contribution in [3.05, 3.63) is 89.6 Å². The van der Waals surface area contributed by atoms with E-state index < -0.39 is 0 Å². The number of hydrogen-bond acceptors (Lipinski definition) is 5. The Kier molecular flexibility index (Phi) is 4.73. The summed E-state index contributed by atoms with van der Waals surface area (Å²) in [5, 5.41) is 8.46. The Balaban J connectivity index is 1.71. The van der Waals surface area contributed by atoms with E-state index in [4.69, 9.17) is 4.74 Å². The Labute approximate surface area is 151 Å². The fourth-order valence-electron chi connectivity index (χ4n) is 2.45. The molecule has 0 unspecified atom stereocenters. The van der Waals surface area contributed by atoms with Crippen molar-refractivity contribution in [1.82, 2.24) is 0 Å². The molecule has 1 nitrogen and oxygen atoms in total. The molecule has 0 spiro atoms. The molecule has 0 fully saturated rings. The third-order valence-corrected chi connectivity index (χ3v) is 7.14. The summed E-state index contributed by atoms with van der Waals surface area (Å²) >= 11 is 7.02. The Morgan fingerprint density at radius 2 is 0.826 bits per heavy atom. The molecule has 0 saturated carbocycles. The maximum Gasteiger partial charge on any atom is 0.127 e. The molecule has 0 saturated heterocycles. The number of hydrogen-bond donors (Lipinski definition) is 0. The van der Waals surface area contributed by atoms with Crippen molar-refractivity contribution in [2.24, 2.45) is 0 Å². The fourth-order valence-corrected chi connectivity index (χ4v) is 5.71. The van der Waals surface area contributed by atoms with Gasteiger partial charge in [-0.25, -0.2) is 0 Å². The molecule has 0 N–H and O–H groups in total. The lowest BCUT2D eigenvalue weighted by Gasteiger charge is -2.22. The zero-order chi connectivity index (χ0) is 15.5. The first kappa shape index (κ1) is 15.3. The largest absolute Gasteiger partial charge is 0.353 e. The average Bonchev–Trinajstić information content (AvgIpc) is 3.35. The van der Waals surface area contributed by atoms with E-state index in [9.17, 15) is 0 Å². The van der Waals surface area contributed by atoms with Gasteiger partial charge in [-0.15, -0.1) is 45.3 Å². The zero-order valence-corrected chi connectivity index (χ0v) is 15.4. The summed E-state index contributed by atoms with van der Waals surface area (Å²) in [6.07, 6.45) is -0.0200. The van der Waals surface area contributed by atoms with Crippen LogP contribution in [-0.4, -0.2) is 0 Å². The van der Waals surface area contributed by atoms with Crippen molar-refractivity contribution >= 4 is 45.3 Å². The van der Waals surface area contributed by atoms with Crippen molar-refractivity contribution in [2.45, 2.75) is 12.2 Å². The fraction of sp³-hybridized carbons (Fsp3) is 0.111. The molecule has 4 aromatic heterocycles. The molecule has 5 heteroatoms. The van der Waals surface area contributed by atoms with E-state index in [0.29, 0.717) is 0 Å². The smallest absolute Gasteiger partial charge is 0.127 e. The van der Waals surface area contributed by atoms with Gasteiger partial charge in [0.05, 0.1) is 0 Å². The van der Waals surface area contributed by atoms with Crippen molar-refractivity contribution in [3.8, 4) is 0 Å². The van der Waals surface area contributed by atoms with E-state index in [1.807, 2.05) is 0 Å². The van der Waals surface area contributed by atoms with Crippen molar-refractivity contribution in [2.75, 3.05) is 0 Å². The molecule has 0 aromatic carbocycles. The molecule has 0 bridgehead atoms. The predicted octanol–water partition coefficient (Wildman–Crippen LogP) is 6.83. The maximum atomic E-state index is 6.67. The van der Waals surface area contributed by atoms with Crippen LogP contribution in [-0.2, 0) is 4.74 Å². The van der Waals surface area contributed by atoms with Gasteiger partial charge in [-0.1, -0.05) is 24.3 Å². The second kappa shape index (κ2) is 7.11. The first-order valence-corrected chi connectivity index (χ1v) is 10.7. The van der Waals surface area contributed by atoms with Crippen LogP contribution in [0.2, 0.25) is 0 Å². The van der Waals surface area contributed by atoms with Gasteiger partial charge in [0.1, 0.15) is 12.2 Å². The first-order chi connectivity index (χ1) is 11.4. The molecular weight excluding hydrogens is 360 g/mol. The van der Waals surface area contributed by atoms with E-state index in [-0.39, 0.29) is 12.2 Å². The maximum absolute atomic E-state index is 6.67. The zero-order valence-electron chi connectivity index (χ0n) is 12.1. The predicted molar refractivity (Wildman–Crippen MR) is 102 cm³/mol. The van der Waals surface area contributed by atoms with Gasteiger partial charge in [-0.3, -0.25) is 0 Å². The van der Waals surface area contributed by atoms with Gasteiger partial charge in [-0.2, -0.15) is 0 Å². The normalized spacial score (nSPS) is 11.6. The van der Waals surface area contributed by atoms with Crippen molar-refractivity contribution in [3.63, 3.8) is 0 Å². The van der Waals surface area contributed by atoms with E-state index >= 15 is 0 Å². The standard InChI is InChI=1S/C18H14OS4/c1-5-13(20-9-1)17(14-6-2-10-21-14)19-18(15-7-3-11-22-15)16-8-4-12-23-16/h1-12,17-18H. The Hall–Kier alpha value is -1.24. The summed E-state index contributed by atoms with van der Waals surface area (Å²) in [7, 11) is 0. The minimum absolute atomic E-state index is 0.0100. The van der Waals surface area contributed by atoms with Gasteiger partial charge in [-0.05, 0) is 45.8 Å². The van der Waals surface area contributed by atoms with Crippen LogP contribution in [0.25, 0.3) is 0 Å². The van der Waals surface area contributed by atoms with E-state index in [1.165, 1.54) is 19.5 Å². The van der Waals surface area contributed by atoms with Crippen molar-refractivity contribution < 1.29 is 4.74 Å². The van der Waals surface area contributed by atoms with Crippen LogP contribution in [0.15, 0.2) is 70.1 Å². The second-order valence-electron chi connectivity index (χ2n) is 4.96. The van der Waals surface area contributed by atoms with Gasteiger partial charge < -0.3 is 4.74 Å². The molecule has 23 heavy (non-hydrogen) atoms. The lowest BCUT2D eigenvalue weighted by molar-refractivity contribution is 0.0388. The molecule has 4 heterocycles. The first-order valence-electron chi connectivity index (χ1n) is 7.21. The molecule has 0 aliphatic heterocycles. The highest BCUT2D eigenvalue weighted by molar-refractivity contribution is 7.12. The molecule has 116 valence electrons. The van der Waals surface area contributed by atoms with Crippen LogP contribution in [0.5, 0.6) is 0 Å². The van der Waals surface area contributed by atoms with Crippen LogP contribution in [0.4, 0.5) is 0 Å². The van der Waals surface area contributed by atoms with Gasteiger partial charge in [0, 0.05) is 19.5 Å². The lowest BCUT2D eigenvalue weighted by atomic mass is 10.2. The van der Waals surface area contributed by atoms with Crippen LogP contribution in [0.3, 0.4) is 0 Å². The summed E-state index contributed by atoms with van der Waals surface area (Å²) in [6, 6.07) is 17.0. The molecule has 0 aliphatic rings. The number of rotatable bonds is 6. The molecule has 0 amide bonds. The van der Waals surface area contributed by atoms with Gasteiger partial charge >= 0.3 is 0 Å². The van der Waals surface area contributed by atoms with E-state index in [1.54, 1.807) is 45.3 Å². The van der Waals surface area contributed by atoms with E-state index in [0.717, 1.165) is 0 Å². The average molecular weight is 375 g/mol. The summed E-state index contributed by atoms with van der Waals surface area (Å²) < 4.78 is 6.67. The monoisotopic (exact) mass is 374 g/mol.